The molecule has 1 aliphatic rings. The predicted octanol–water partition coefficient (Wildman–Crippen LogP) is 2.63. The monoisotopic (exact) mass is 262 g/mol. The molecule has 106 valence electrons. The fraction of sp³-hybridized carbons (Fsp3) is 0.733. The Morgan fingerprint density at radius 3 is 2.47 bits per heavy atom. The minimum atomic E-state index is 0.413. The number of hydrogen-bond donors (Lipinski definition) is 1. The average Bonchev–Trinajstić information content (AvgIpc) is 2.73. The molecule has 1 aliphatic carbocycles. The molecule has 0 atom stereocenters. The SMILES string of the molecule is Cc1cc(NCC2(CN(C)C)CCCC2)nc(C)n1. The van der Waals surface area contributed by atoms with Gasteiger partial charge in [0.2, 0.25) is 0 Å². The number of nitrogens with zero attached hydrogens (tertiary/aromatic N) is 3. The Morgan fingerprint density at radius 2 is 1.89 bits per heavy atom. The van der Waals surface area contributed by atoms with Crippen molar-refractivity contribution in [3.63, 3.8) is 0 Å². The van der Waals surface area contributed by atoms with Crippen LogP contribution in [0.15, 0.2) is 6.07 Å². The van der Waals surface area contributed by atoms with Crippen molar-refractivity contribution in [2.75, 3.05) is 32.5 Å². The van der Waals surface area contributed by atoms with Crippen LogP contribution in [0.5, 0.6) is 0 Å². The lowest BCUT2D eigenvalue weighted by Gasteiger charge is -2.32. The first-order valence-corrected chi connectivity index (χ1v) is 7.20. The van der Waals surface area contributed by atoms with Crippen LogP contribution in [-0.2, 0) is 0 Å². The summed E-state index contributed by atoms with van der Waals surface area (Å²) in [4.78, 5) is 11.1. The summed E-state index contributed by atoms with van der Waals surface area (Å²) < 4.78 is 0. The Labute approximate surface area is 116 Å². The predicted molar refractivity (Wildman–Crippen MR) is 79.5 cm³/mol. The zero-order valence-electron chi connectivity index (χ0n) is 12.7. The third kappa shape index (κ3) is 3.90. The topological polar surface area (TPSA) is 41.0 Å². The highest BCUT2D eigenvalue weighted by Crippen LogP contribution is 2.38. The van der Waals surface area contributed by atoms with Gasteiger partial charge in [-0.25, -0.2) is 9.97 Å². The van der Waals surface area contributed by atoms with E-state index in [1.807, 2.05) is 19.9 Å². The molecule has 0 bridgehead atoms. The minimum absolute atomic E-state index is 0.413. The second-order valence-electron chi connectivity index (χ2n) is 6.24. The van der Waals surface area contributed by atoms with Gasteiger partial charge < -0.3 is 10.2 Å². The molecule has 1 aromatic rings. The summed E-state index contributed by atoms with van der Waals surface area (Å²) in [6, 6.07) is 2.03. The summed E-state index contributed by atoms with van der Waals surface area (Å²) in [5.41, 5.74) is 1.44. The third-order valence-corrected chi connectivity index (χ3v) is 3.93. The van der Waals surface area contributed by atoms with Gasteiger partial charge in [-0.1, -0.05) is 12.8 Å². The van der Waals surface area contributed by atoms with Crippen LogP contribution in [0.4, 0.5) is 5.82 Å². The molecule has 1 N–H and O–H groups in total. The molecule has 0 saturated heterocycles. The number of rotatable bonds is 5. The van der Waals surface area contributed by atoms with Crippen LogP contribution in [-0.4, -0.2) is 42.1 Å². The van der Waals surface area contributed by atoms with Crippen molar-refractivity contribution in [1.82, 2.24) is 14.9 Å². The summed E-state index contributed by atoms with van der Waals surface area (Å²) in [5.74, 6) is 1.81. The molecule has 4 heteroatoms. The first-order chi connectivity index (χ1) is 8.99. The van der Waals surface area contributed by atoms with Gasteiger partial charge in [-0.15, -0.1) is 0 Å². The quantitative estimate of drug-likeness (QED) is 0.885. The molecular formula is C15H26N4. The van der Waals surface area contributed by atoms with Gasteiger partial charge in [0, 0.05) is 30.3 Å². The van der Waals surface area contributed by atoms with Crippen LogP contribution < -0.4 is 5.32 Å². The summed E-state index contributed by atoms with van der Waals surface area (Å²) >= 11 is 0. The highest BCUT2D eigenvalue weighted by molar-refractivity contribution is 5.36. The van der Waals surface area contributed by atoms with Gasteiger partial charge in [0.05, 0.1) is 0 Å². The van der Waals surface area contributed by atoms with Crippen LogP contribution in [0.3, 0.4) is 0 Å². The highest BCUT2D eigenvalue weighted by Gasteiger charge is 2.34. The Kier molecular flexibility index (Phi) is 4.40. The average molecular weight is 262 g/mol. The molecule has 0 aliphatic heterocycles. The summed E-state index contributed by atoms with van der Waals surface area (Å²) in [5, 5.41) is 3.54. The van der Waals surface area contributed by atoms with Crippen molar-refractivity contribution in [3.8, 4) is 0 Å². The fourth-order valence-electron chi connectivity index (χ4n) is 3.27. The summed E-state index contributed by atoms with van der Waals surface area (Å²) in [7, 11) is 4.33. The lowest BCUT2D eigenvalue weighted by atomic mass is 9.85. The van der Waals surface area contributed by atoms with Gasteiger partial charge >= 0.3 is 0 Å². The first-order valence-electron chi connectivity index (χ1n) is 7.20. The van der Waals surface area contributed by atoms with Gasteiger partial charge in [0.25, 0.3) is 0 Å². The molecule has 1 heterocycles. The molecule has 2 rings (SSSR count). The molecule has 0 spiro atoms. The van der Waals surface area contributed by atoms with Crippen LogP contribution in [0.25, 0.3) is 0 Å². The van der Waals surface area contributed by atoms with E-state index in [1.54, 1.807) is 0 Å². The number of anilines is 1. The van der Waals surface area contributed by atoms with Crippen LogP contribution >= 0.6 is 0 Å². The van der Waals surface area contributed by atoms with E-state index in [9.17, 15) is 0 Å². The lowest BCUT2D eigenvalue weighted by Crippen LogP contribution is -2.37. The van der Waals surface area contributed by atoms with Gasteiger partial charge in [-0.2, -0.15) is 0 Å². The number of aromatic nitrogens is 2. The first kappa shape index (κ1) is 14.3. The Bertz CT molecular complexity index is 402. The van der Waals surface area contributed by atoms with Crippen LogP contribution in [0.2, 0.25) is 0 Å². The molecule has 1 fully saturated rings. The minimum Gasteiger partial charge on any atom is -0.369 e. The zero-order valence-corrected chi connectivity index (χ0v) is 12.7. The molecule has 0 radical (unpaired) electrons. The normalized spacial score (nSPS) is 17.9. The smallest absolute Gasteiger partial charge is 0.129 e. The van der Waals surface area contributed by atoms with Gasteiger partial charge in [0.15, 0.2) is 0 Å². The van der Waals surface area contributed by atoms with E-state index in [0.717, 1.165) is 30.4 Å². The van der Waals surface area contributed by atoms with Crippen molar-refractivity contribution in [1.29, 1.82) is 0 Å². The number of nitrogens with one attached hydrogen (secondary N) is 1. The molecule has 1 aromatic heterocycles. The highest BCUT2D eigenvalue weighted by atomic mass is 15.1. The maximum Gasteiger partial charge on any atom is 0.129 e. The van der Waals surface area contributed by atoms with E-state index in [-0.39, 0.29) is 0 Å². The van der Waals surface area contributed by atoms with E-state index in [1.165, 1.54) is 25.7 Å². The van der Waals surface area contributed by atoms with Crippen molar-refractivity contribution in [2.45, 2.75) is 39.5 Å². The van der Waals surface area contributed by atoms with E-state index in [4.69, 9.17) is 0 Å². The van der Waals surface area contributed by atoms with Gasteiger partial charge in [-0.05, 0) is 40.8 Å². The summed E-state index contributed by atoms with van der Waals surface area (Å²) in [6.45, 7) is 6.14. The maximum atomic E-state index is 4.47. The number of aryl methyl sites for hydroxylation is 2. The number of hydrogen-bond acceptors (Lipinski definition) is 4. The molecular weight excluding hydrogens is 236 g/mol. The Morgan fingerprint density at radius 1 is 1.21 bits per heavy atom. The molecule has 0 unspecified atom stereocenters. The second kappa shape index (κ2) is 5.87. The van der Waals surface area contributed by atoms with Crippen LogP contribution in [0.1, 0.15) is 37.2 Å². The van der Waals surface area contributed by atoms with Crippen molar-refractivity contribution >= 4 is 5.82 Å². The van der Waals surface area contributed by atoms with Gasteiger partial charge in [-0.3, -0.25) is 0 Å². The van der Waals surface area contributed by atoms with Crippen molar-refractivity contribution in [3.05, 3.63) is 17.6 Å². The summed E-state index contributed by atoms with van der Waals surface area (Å²) in [6.07, 6.45) is 5.36. The largest absolute Gasteiger partial charge is 0.369 e. The third-order valence-electron chi connectivity index (χ3n) is 3.93. The molecule has 0 aromatic carbocycles. The Balaban J connectivity index is 2.02. The van der Waals surface area contributed by atoms with Crippen molar-refractivity contribution < 1.29 is 0 Å². The van der Waals surface area contributed by atoms with Crippen LogP contribution in [0, 0.1) is 19.3 Å². The zero-order chi connectivity index (χ0) is 13.9. The van der Waals surface area contributed by atoms with Crippen molar-refractivity contribution in [2.24, 2.45) is 5.41 Å². The lowest BCUT2D eigenvalue weighted by molar-refractivity contribution is 0.215. The van der Waals surface area contributed by atoms with E-state index in [2.05, 4.69) is 34.3 Å². The van der Waals surface area contributed by atoms with Gasteiger partial charge in [0.1, 0.15) is 11.6 Å². The molecule has 19 heavy (non-hydrogen) atoms. The molecule has 4 nitrogen and oxygen atoms in total. The Hall–Kier alpha value is -1.16. The molecule has 0 amide bonds. The second-order valence-corrected chi connectivity index (χ2v) is 6.24. The van der Waals surface area contributed by atoms with E-state index in [0.29, 0.717) is 5.41 Å². The standard InChI is InChI=1S/C15H26N4/c1-12-9-14(18-13(2)17-12)16-10-15(11-19(3)4)7-5-6-8-15/h9H,5-8,10-11H2,1-4H3,(H,16,17,18). The fourth-order valence-corrected chi connectivity index (χ4v) is 3.27. The van der Waals surface area contributed by atoms with E-state index >= 15 is 0 Å². The molecule has 1 saturated carbocycles. The van der Waals surface area contributed by atoms with E-state index < -0.39 is 0 Å². The maximum absolute atomic E-state index is 4.47.